The van der Waals surface area contributed by atoms with E-state index in [1.165, 1.54) is 36.3 Å². The number of sulfonamides is 1. The maximum absolute atomic E-state index is 13.6. The van der Waals surface area contributed by atoms with Gasteiger partial charge in [0.2, 0.25) is 15.9 Å². The summed E-state index contributed by atoms with van der Waals surface area (Å²) in [6.45, 7) is -0.00752. The van der Waals surface area contributed by atoms with E-state index in [-0.39, 0.29) is 23.5 Å². The summed E-state index contributed by atoms with van der Waals surface area (Å²) in [5.74, 6) is -1.04. The number of hydrogen-bond donors (Lipinski definition) is 1. The van der Waals surface area contributed by atoms with E-state index < -0.39 is 33.8 Å². The van der Waals surface area contributed by atoms with Crippen LogP contribution < -0.4 is 14.8 Å². The van der Waals surface area contributed by atoms with Crippen molar-refractivity contribution >= 4 is 45.0 Å². The van der Waals surface area contributed by atoms with E-state index in [0.29, 0.717) is 21.9 Å². The number of benzene rings is 3. The molecule has 11 heteroatoms. The fraction of sp³-hybridized carbons (Fsp3) is 0.160. The summed E-state index contributed by atoms with van der Waals surface area (Å²) in [4.78, 5) is 42.1. The maximum atomic E-state index is 13.6. The Hall–Kier alpha value is -3.73. The first-order valence-corrected chi connectivity index (χ1v) is 12.7. The molecule has 3 aromatic carbocycles. The monoisotopic (exact) mass is 527 g/mol. The van der Waals surface area contributed by atoms with Gasteiger partial charge in [0.1, 0.15) is 11.8 Å². The molecule has 0 aromatic heterocycles. The first-order valence-electron chi connectivity index (χ1n) is 10.8. The van der Waals surface area contributed by atoms with Gasteiger partial charge in [0.05, 0.1) is 24.1 Å². The van der Waals surface area contributed by atoms with Crippen molar-refractivity contribution in [3.05, 3.63) is 88.9 Å². The molecule has 4 rings (SSSR count). The number of halogens is 1. The first kappa shape index (κ1) is 25.4. The molecule has 186 valence electrons. The number of rotatable bonds is 7. The Morgan fingerprint density at radius 1 is 1.06 bits per heavy atom. The normalized spacial score (nSPS) is 15.8. The molecule has 0 spiro atoms. The second kappa shape index (κ2) is 10.1. The number of ether oxygens (including phenoxy) is 1. The Bertz CT molecular complexity index is 1420. The summed E-state index contributed by atoms with van der Waals surface area (Å²) < 4.78 is 28.3. The van der Waals surface area contributed by atoms with E-state index in [2.05, 4.69) is 0 Å². The largest absolute Gasteiger partial charge is 0.497 e. The van der Waals surface area contributed by atoms with Crippen molar-refractivity contribution in [2.24, 2.45) is 5.14 Å². The van der Waals surface area contributed by atoms with Gasteiger partial charge in [-0.15, -0.1) is 0 Å². The Labute approximate surface area is 213 Å². The number of hydrogen-bond acceptors (Lipinski definition) is 6. The van der Waals surface area contributed by atoms with E-state index in [0.717, 1.165) is 4.90 Å². The quantitative estimate of drug-likeness (QED) is 0.471. The van der Waals surface area contributed by atoms with Crippen LogP contribution in [0.15, 0.2) is 77.7 Å². The van der Waals surface area contributed by atoms with E-state index in [4.69, 9.17) is 21.5 Å². The smallest absolute Gasteiger partial charge is 0.257 e. The highest BCUT2D eigenvalue weighted by atomic mass is 35.5. The molecule has 0 radical (unpaired) electrons. The fourth-order valence-corrected chi connectivity index (χ4v) is 4.66. The number of nitrogens with zero attached hydrogens (tertiary/aromatic N) is 2. The van der Waals surface area contributed by atoms with Gasteiger partial charge in [-0.3, -0.25) is 14.4 Å². The summed E-state index contributed by atoms with van der Waals surface area (Å²) in [6, 6.07) is 17.3. The third-order valence-corrected chi connectivity index (χ3v) is 7.12. The zero-order valence-electron chi connectivity index (χ0n) is 19.1. The number of carbonyl (C=O) groups excluding carboxylic acids is 3. The molecule has 0 aliphatic carbocycles. The minimum absolute atomic E-state index is 0.00752. The van der Waals surface area contributed by atoms with Gasteiger partial charge in [-0.05, 0) is 60.2 Å². The van der Waals surface area contributed by atoms with E-state index >= 15 is 0 Å². The third kappa shape index (κ3) is 5.11. The van der Waals surface area contributed by atoms with Crippen LogP contribution >= 0.6 is 11.6 Å². The van der Waals surface area contributed by atoms with Crippen molar-refractivity contribution in [1.82, 2.24) is 4.90 Å². The van der Waals surface area contributed by atoms with E-state index in [1.54, 1.807) is 48.5 Å². The standard InChI is InChI=1S/C25H22ClN3O6S/c1-35-19-10-6-16(7-11-19)24(31)28(15-17-4-2-3-5-21(17)26)22-14-23(30)29(25(22)32)18-8-12-20(13-9-18)36(27,33)34/h2-13,22H,14-15H2,1H3,(H2,27,33,34). The molecule has 0 bridgehead atoms. The van der Waals surface area contributed by atoms with Crippen molar-refractivity contribution in [2.45, 2.75) is 23.9 Å². The summed E-state index contributed by atoms with van der Waals surface area (Å²) in [5, 5.41) is 5.55. The van der Waals surface area contributed by atoms with Gasteiger partial charge in [-0.25, -0.2) is 18.5 Å². The van der Waals surface area contributed by atoms with Crippen molar-refractivity contribution in [3.63, 3.8) is 0 Å². The van der Waals surface area contributed by atoms with Crippen LogP contribution in [0.3, 0.4) is 0 Å². The predicted octanol–water partition coefficient (Wildman–Crippen LogP) is 2.97. The Morgan fingerprint density at radius 2 is 1.69 bits per heavy atom. The highest BCUT2D eigenvalue weighted by molar-refractivity contribution is 7.89. The minimum Gasteiger partial charge on any atom is -0.497 e. The maximum Gasteiger partial charge on any atom is 0.257 e. The number of imide groups is 1. The summed E-state index contributed by atoms with van der Waals surface area (Å²) >= 11 is 6.33. The summed E-state index contributed by atoms with van der Waals surface area (Å²) in [7, 11) is -2.44. The molecule has 1 unspecified atom stereocenters. The van der Waals surface area contributed by atoms with Gasteiger partial charge < -0.3 is 9.64 Å². The summed E-state index contributed by atoms with van der Waals surface area (Å²) in [6.07, 6.45) is -0.248. The second-order valence-electron chi connectivity index (χ2n) is 8.08. The predicted molar refractivity (Wildman–Crippen MR) is 133 cm³/mol. The zero-order chi connectivity index (χ0) is 26.0. The minimum atomic E-state index is -3.94. The number of primary sulfonamides is 1. The molecule has 0 saturated carbocycles. The van der Waals surface area contributed by atoms with Crippen molar-refractivity contribution in [3.8, 4) is 5.75 Å². The van der Waals surface area contributed by atoms with Crippen LogP contribution in [0.4, 0.5) is 5.69 Å². The average Bonchev–Trinajstić information content (AvgIpc) is 3.16. The molecule has 3 aromatic rings. The van der Waals surface area contributed by atoms with Crippen LogP contribution in [0.25, 0.3) is 0 Å². The van der Waals surface area contributed by atoms with Gasteiger partial charge in [0.25, 0.3) is 11.8 Å². The van der Waals surface area contributed by atoms with Crippen molar-refractivity contribution in [1.29, 1.82) is 0 Å². The second-order valence-corrected chi connectivity index (χ2v) is 10.0. The van der Waals surface area contributed by atoms with Crippen molar-refractivity contribution in [2.75, 3.05) is 12.0 Å². The molecule has 3 amide bonds. The highest BCUT2D eigenvalue weighted by Gasteiger charge is 2.44. The lowest BCUT2D eigenvalue weighted by atomic mass is 10.1. The molecule has 1 aliphatic rings. The number of amides is 3. The van der Waals surface area contributed by atoms with Gasteiger partial charge in [0, 0.05) is 17.1 Å². The van der Waals surface area contributed by atoms with Gasteiger partial charge in [-0.1, -0.05) is 29.8 Å². The molecule has 2 N–H and O–H groups in total. The Kier molecular flexibility index (Phi) is 7.11. The highest BCUT2D eigenvalue weighted by Crippen LogP contribution is 2.30. The average molecular weight is 528 g/mol. The lowest BCUT2D eigenvalue weighted by molar-refractivity contribution is -0.122. The van der Waals surface area contributed by atoms with Crippen LogP contribution in [0.1, 0.15) is 22.3 Å². The fourth-order valence-electron chi connectivity index (χ4n) is 3.95. The first-order chi connectivity index (χ1) is 17.1. The third-order valence-electron chi connectivity index (χ3n) is 5.82. The molecule has 1 saturated heterocycles. The molecule has 36 heavy (non-hydrogen) atoms. The number of carbonyl (C=O) groups is 3. The molecule has 1 fully saturated rings. The van der Waals surface area contributed by atoms with E-state index in [1.807, 2.05) is 0 Å². The van der Waals surface area contributed by atoms with Crippen LogP contribution in [0, 0.1) is 0 Å². The molecule has 9 nitrogen and oxygen atoms in total. The van der Waals surface area contributed by atoms with Crippen LogP contribution in [0.5, 0.6) is 5.75 Å². The lowest BCUT2D eigenvalue weighted by Crippen LogP contribution is -2.45. The number of anilines is 1. The molecule has 1 atom stereocenters. The topological polar surface area (TPSA) is 127 Å². The van der Waals surface area contributed by atoms with Gasteiger partial charge in [-0.2, -0.15) is 0 Å². The molecular formula is C25H22ClN3O6S. The van der Waals surface area contributed by atoms with E-state index in [9.17, 15) is 22.8 Å². The van der Waals surface area contributed by atoms with Crippen LogP contribution in [0.2, 0.25) is 5.02 Å². The zero-order valence-corrected chi connectivity index (χ0v) is 20.7. The lowest BCUT2D eigenvalue weighted by Gasteiger charge is -2.28. The molecule has 1 heterocycles. The Balaban J connectivity index is 1.69. The summed E-state index contributed by atoms with van der Waals surface area (Å²) in [5.41, 5.74) is 1.09. The Morgan fingerprint density at radius 3 is 2.28 bits per heavy atom. The number of nitrogens with two attached hydrogens (primary N) is 1. The number of methoxy groups -OCH3 is 1. The van der Waals surface area contributed by atoms with Gasteiger partial charge >= 0.3 is 0 Å². The van der Waals surface area contributed by atoms with Crippen molar-refractivity contribution < 1.29 is 27.5 Å². The SMILES string of the molecule is COc1ccc(C(=O)N(Cc2ccccc2Cl)C2CC(=O)N(c3ccc(S(N)(=O)=O)cc3)C2=O)cc1. The van der Waals surface area contributed by atoms with Crippen LogP contribution in [-0.2, 0) is 26.2 Å². The van der Waals surface area contributed by atoms with Gasteiger partial charge in [0.15, 0.2) is 0 Å². The molecular weight excluding hydrogens is 506 g/mol. The molecule has 1 aliphatic heterocycles. The van der Waals surface area contributed by atoms with Crippen LogP contribution in [-0.4, -0.2) is 44.2 Å².